The van der Waals surface area contributed by atoms with Gasteiger partial charge in [0.25, 0.3) is 5.91 Å². The van der Waals surface area contributed by atoms with E-state index in [2.05, 4.69) is 38.5 Å². The first-order valence-electron chi connectivity index (χ1n) is 9.77. The van der Waals surface area contributed by atoms with Crippen LogP contribution in [0.25, 0.3) is 15.9 Å². The van der Waals surface area contributed by atoms with Crippen LogP contribution < -0.4 is 5.32 Å². The monoisotopic (exact) mass is 421 g/mol. The van der Waals surface area contributed by atoms with E-state index in [1.807, 2.05) is 37.3 Å². The lowest BCUT2D eigenvalue weighted by atomic mass is 10.1. The van der Waals surface area contributed by atoms with Gasteiger partial charge in [0.1, 0.15) is 5.69 Å². The lowest BCUT2D eigenvalue weighted by Gasteiger charge is -2.27. The van der Waals surface area contributed by atoms with E-state index in [9.17, 15) is 4.79 Å². The Hall–Kier alpha value is -3.33. The van der Waals surface area contributed by atoms with Crippen molar-refractivity contribution in [3.8, 4) is 5.69 Å². The van der Waals surface area contributed by atoms with E-state index in [0.29, 0.717) is 17.9 Å². The maximum absolute atomic E-state index is 13.3. The number of thiazole rings is 1. The van der Waals surface area contributed by atoms with Crippen molar-refractivity contribution >= 4 is 32.6 Å². The van der Waals surface area contributed by atoms with Crippen LogP contribution in [0.5, 0.6) is 0 Å². The maximum atomic E-state index is 13.3. The summed E-state index contributed by atoms with van der Waals surface area (Å²) in [5.41, 5.74) is 2.65. The largest absolute Gasteiger partial charge is 0.359 e. The van der Waals surface area contributed by atoms with E-state index in [0.717, 1.165) is 27.5 Å². The number of hydrogen-bond acceptors (Lipinski definition) is 7. The maximum Gasteiger partial charge on any atom is 0.274 e. The Labute approximate surface area is 178 Å². The second-order valence-electron chi connectivity index (χ2n) is 6.98. The predicted molar refractivity (Wildman–Crippen MR) is 118 cm³/mol. The highest BCUT2D eigenvalue weighted by atomic mass is 32.1. The molecule has 4 aromatic rings. The van der Waals surface area contributed by atoms with Gasteiger partial charge in [0.15, 0.2) is 10.8 Å². The van der Waals surface area contributed by atoms with Crippen LogP contribution in [-0.2, 0) is 0 Å². The number of rotatable bonds is 7. The third-order valence-corrected chi connectivity index (χ3v) is 5.97. The number of aryl methyl sites for hydroxylation is 1. The molecule has 0 aliphatic heterocycles. The van der Waals surface area contributed by atoms with Crippen LogP contribution >= 0.6 is 11.3 Å². The first kappa shape index (κ1) is 20.0. The molecule has 154 valence electrons. The minimum Gasteiger partial charge on any atom is -0.359 e. The fraction of sp³-hybridized carbons (Fsp3) is 0.286. The number of nitrogens with zero attached hydrogens (tertiary/aromatic N) is 6. The summed E-state index contributed by atoms with van der Waals surface area (Å²) in [7, 11) is 1.81. The number of benzene rings is 1. The van der Waals surface area contributed by atoms with Gasteiger partial charge in [0.05, 0.1) is 22.6 Å². The van der Waals surface area contributed by atoms with Crippen molar-refractivity contribution in [2.45, 2.75) is 26.3 Å². The van der Waals surface area contributed by atoms with Gasteiger partial charge in [-0.25, -0.2) is 9.97 Å². The third-order valence-electron chi connectivity index (χ3n) is 4.97. The van der Waals surface area contributed by atoms with Gasteiger partial charge in [-0.1, -0.05) is 30.4 Å². The Bertz CT molecular complexity index is 1120. The SMILES string of the molecule is CCC(CNc1nc2ccccc2s1)N(C)C(=O)c1nc(C)ccc1-n1nccn1. The number of likely N-dealkylation sites (N-methyl/N-ethyl adjacent to an activating group) is 1. The molecule has 0 radical (unpaired) electrons. The fourth-order valence-electron chi connectivity index (χ4n) is 3.25. The molecular formula is C21H23N7OS. The molecule has 0 spiro atoms. The van der Waals surface area contributed by atoms with Crippen molar-refractivity contribution in [2.75, 3.05) is 18.9 Å². The minimum atomic E-state index is -0.163. The van der Waals surface area contributed by atoms with Gasteiger partial charge in [-0.05, 0) is 37.6 Å². The molecule has 0 bridgehead atoms. The van der Waals surface area contributed by atoms with Crippen LogP contribution in [0.2, 0.25) is 0 Å². The molecule has 30 heavy (non-hydrogen) atoms. The molecule has 1 unspecified atom stereocenters. The number of amides is 1. The molecule has 9 heteroatoms. The number of carbonyl (C=O) groups excluding carboxylic acids is 1. The molecular weight excluding hydrogens is 398 g/mol. The number of carbonyl (C=O) groups is 1. The summed E-state index contributed by atoms with van der Waals surface area (Å²) in [4.78, 5) is 25.6. The zero-order valence-corrected chi connectivity index (χ0v) is 17.9. The summed E-state index contributed by atoms with van der Waals surface area (Å²) >= 11 is 1.61. The van der Waals surface area contributed by atoms with Crippen molar-refractivity contribution in [3.05, 3.63) is 60.2 Å². The summed E-state index contributed by atoms with van der Waals surface area (Å²) in [6, 6.07) is 11.7. The lowest BCUT2D eigenvalue weighted by molar-refractivity contribution is 0.0729. The average molecular weight is 422 g/mol. The molecule has 0 aliphatic rings. The molecule has 0 saturated carbocycles. The number of anilines is 1. The summed E-state index contributed by atoms with van der Waals surface area (Å²) in [5, 5.41) is 12.6. The van der Waals surface area contributed by atoms with Crippen LogP contribution in [-0.4, -0.2) is 55.4 Å². The standard InChI is InChI=1S/C21H23N7OS/c1-4-15(13-22-21-26-16-7-5-6-8-18(16)30-21)27(3)20(29)19-17(10-9-14(2)25-19)28-23-11-12-24-28/h5-12,15H,4,13H2,1-3H3,(H,22,26). The summed E-state index contributed by atoms with van der Waals surface area (Å²) in [6.45, 7) is 4.52. The van der Waals surface area contributed by atoms with Crippen molar-refractivity contribution in [2.24, 2.45) is 0 Å². The van der Waals surface area contributed by atoms with E-state index < -0.39 is 0 Å². The molecule has 8 nitrogen and oxygen atoms in total. The Kier molecular flexibility index (Phi) is 5.71. The number of nitrogens with one attached hydrogen (secondary N) is 1. The molecule has 1 N–H and O–H groups in total. The number of pyridine rings is 1. The van der Waals surface area contributed by atoms with E-state index >= 15 is 0 Å². The fourth-order valence-corrected chi connectivity index (χ4v) is 4.12. The molecule has 0 saturated heterocycles. The Morgan fingerprint density at radius 3 is 2.67 bits per heavy atom. The third kappa shape index (κ3) is 4.02. The van der Waals surface area contributed by atoms with Crippen LogP contribution in [0.4, 0.5) is 5.13 Å². The zero-order chi connectivity index (χ0) is 21.1. The van der Waals surface area contributed by atoms with Crippen molar-refractivity contribution < 1.29 is 4.79 Å². The van der Waals surface area contributed by atoms with Crippen LogP contribution in [0.1, 0.15) is 29.5 Å². The molecule has 0 aliphatic carbocycles. The Morgan fingerprint density at radius 2 is 1.93 bits per heavy atom. The molecule has 1 amide bonds. The van der Waals surface area contributed by atoms with Gasteiger partial charge in [-0.15, -0.1) is 4.80 Å². The van der Waals surface area contributed by atoms with Crippen LogP contribution in [0.3, 0.4) is 0 Å². The summed E-state index contributed by atoms with van der Waals surface area (Å²) in [5.74, 6) is -0.163. The first-order chi connectivity index (χ1) is 14.6. The van der Waals surface area contributed by atoms with Gasteiger partial charge in [0, 0.05) is 25.3 Å². The van der Waals surface area contributed by atoms with Crippen molar-refractivity contribution in [1.82, 2.24) is 29.9 Å². The topological polar surface area (TPSA) is 88.8 Å². The quantitative estimate of drug-likeness (QED) is 0.491. The van der Waals surface area contributed by atoms with Crippen molar-refractivity contribution in [1.29, 1.82) is 0 Å². The number of fused-ring (bicyclic) bond motifs is 1. The molecule has 4 rings (SSSR count). The lowest BCUT2D eigenvalue weighted by Crippen LogP contribution is -2.41. The first-order valence-corrected chi connectivity index (χ1v) is 10.6. The van der Waals surface area contributed by atoms with Gasteiger partial charge in [0.2, 0.25) is 0 Å². The highest BCUT2D eigenvalue weighted by Gasteiger charge is 2.25. The smallest absolute Gasteiger partial charge is 0.274 e. The molecule has 1 aromatic carbocycles. The van der Waals surface area contributed by atoms with Crippen molar-refractivity contribution in [3.63, 3.8) is 0 Å². The summed E-state index contributed by atoms with van der Waals surface area (Å²) in [6.07, 6.45) is 3.95. The van der Waals surface area contributed by atoms with Crippen LogP contribution in [0.15, 0.2) is 48.8 Å². The molecule has 0 fully saturated rings. The Balaban J connectivity index is 1.52. The van der Waals surface area contributed by atoms with Gasteiger partial charge < -0.3 is 10.2 Å². The number of aromatic nitrogens is 5. The highest BCUT2D eigenvalue weighted by Crippen LogP contribution is 2.25. The molecule has 1 atom stereocenters. The van der Waals surface area contributed by atoms with Gasteiger partial charge in [-0.3, -0.25) is 4.79 Å². The normalized spacial score (nSPS) is 12.1. The number of para-hydroxylation sites is 1. The van der Waals surface area contributed by atoms with E-state index in [-0.39, 0.29) is 11.9 Å². The van der Waals surface area contributed by atoms with E-state index in [4.69, 9.17) is 0 Å². The van der Waals surface area contributed by atoms with Gasteiger partial charge in [-0.2, -0.15) is 10.2 Å². The second kappa shape index (κ2) is 8.58. The van der Waals surface area contributed by atoms with Gasteiger partial charge >= 0.3 is 0 Å². The average Bonchev–Trinajstić information content (AvgIpc) is 3.43. The van der Waals surface area contributed by atoms with Crippen LogP contribution in [0, 0.1) is 6.92 Å². The minimum absolute atomic E-state index is 0.0229. The predicted octanol–water partition coefficient (Wildman–Crippen LogP) is 3.54. The molecule has 3 aromatic heterocycles. The Morgan fingerprint density at radius 1 is 1.17 bits per heavy atom. The van der Waals surface area contributed by atoms with E-state index in [1.165, 1.54) is 4.80 Å². The summed E-state index contributed by atoms with van der Waals surface area (Å²) < 4.78 is 1.14. The molecule has 3 heterocycles. The second-order valence-corrected chi connectivity index (χ2v) is 8.02. The van der Waals surface area contributed by atoms with E-state index in [1.54, 1.807) is 35.7 Å². The zero-order valence-electron chi connectivity index (χ0n) is 17.1. The number of hydrogen-bond donors (Lipinski definition) is 1. The highest BCUT2D eigenvalue weighted by molar-refractivity contribution is 7.22.